The van der Waals surface area contributed by atoms with Gasteiger partial charge in [-0.2, -0.15) is 13.2 Å². The molecule has 0 radical (unpaired) electrons. The fourth-order valence-corrected chi connectivity index (χ4v) is 2.53. The van der Waals surface area contributed by atoms with Crippen LogP contribution in [0, 0.1) is 0 Å². The third-order valence-electron chi connectivity index (χ3n) is 2.77. The molecule has 0 spiro atoms. The van der Waals surface area contributed by atoms with Crippen LogP contribution in [0.15, 0.2) is 35.7 Å². The zero-order chi connectivity index (χ0) is 15.3. The number of anilines is 1. The summed E-state index contributed by atoms with van der Waals surface area (Å²) in [6, 6.07) is 9.53. The number of thiazole rings is 1. The van der Waals surface area contributed by atoms with Crippen LogP contribution >= 0.6 is 11.3 Å². The van der Waals surface area contributed by atoms with Gasteiger partial charge in [0.05, 0.1) is 6.10 Å². The Balaban J connectivity index is 2.01. The SMILES string of the molecule is CCOC(CNc1nc(C(F)(F)F)cs1)c1ccccc1. The Morgan fingerprint density at radius 2 is 2.00 bits per heavy atom. The highest BCUT2D eigenvalue weighted by Gasteiger charge is 2.33. The number of benzene rings is 1. The number of halogens is 3. The second kappa shape index (κ2) is 6.91. The molecule has 3 nitrogen and oxygen atoms in total. The molecule has 2 aromatic rings. The van der Waals surface area contributed by atoms with E-state index in [2.05, 4.69) is 10.3 Å². The van der Waals surface area contributed by atoms with E-state index in [0.29, 0.717) is 13.2 Å². The maximum Gasteiger partial charge on any atom is 0.434 e. The molecular weight excluding hydrogens is 301 g/mol. The van der Waals surface area contributed by atoms with Gasteiger partial charge >= 0.3 is 6.18 Å². The first kappa shape index (κ1) is 15.8. The lowest BCUT2D eigenvalue weighted by atomic mass is 10.1. The molecule has 0 aliphatic carbocycles. The molecule has 0 saturated heterocycles. The molecule has 1 atom stereocenters. The van der Waals surface area contributed by atoms with Gasteiger partial charge < -0.3 is 10.1 Å². The Labute approximate surface area is 124 Å². The molecular formula is C14H15F3N2OS. The van der Waals surface area contributed by atoms with E-state index in [4.69, 9.17) is 4.74 Å². The van der Waals surface area contributed by atoms with Crippen LogP contribution in [0.2, 0.25) is 0 Å². The maximum absolute atomic E-state index is 12.5. The van der Waals surface area contributed by atoms with Gasteiger partial charge in [0.15, 0.2) is 10.8 Å². The number of nitrogens with one attached hydrogen (secondary N) is 1. The quantitative estimate of drug-likeness (QED) is 0.860. The van der Waals surface area contributed by atoms with Crippen molar-refractivity contribution in [2.45, 2.75) is 19.2 Å². The molecule has 114 valence electrons. The van der Waals surface area contributed by atoms with Crippen molar-refractivity contribution >= 4 is 16.5 Å². The van der Waals surface area contributed by atoms with Crippen LogP contribution in [0.1, 0.15) is 24.3 Å². The van der Waals surface area contributed by atoms with Crippen molar-refractivity contribution in [1.29, 1.82) is 0 Å². The summed E-state index contributed by atoms with van der Waals surface area (Å²) in [5, 5.41) is 4.14. The van der Waals surface area contributed by atoms with Crippen molar-refractivity contribution in [2.75, 3.05) is 18.5 Å². The highest BCUT2D eigenvalue weighted by Crippen LogP contribution is 2.31. The minimum Gasteiger partial charge on any atom is -0.372 e. The third kappa shape index (κ3) is 4.44. The van der Waals surface area contributed by atoms with Gasteiger partial charge in [-0.3, -0.25) is 0 Å². The van der Waals surface area contributed by atoms with Gasteiger partial charge in [0.1, 0.15) is 0 Å². The summed E-state index contributed by atoms with van der Waals surface area (Å²) in [6.07, 6.45) is -4.63. The summed E-state index contributed by atoms with van der Waals surface area (Å²) >= 11 is 0.934. The van der Waals surface area contributed by atoms with E-state index in [9.17, 15) is 13.2 Å². The average molecular weight is 316 g/mol. The van der Waals surface area contributed by atoms with Gasteiger partial charge in [-0.25, -0.2) is 4.98 Å². The fourth-order valence-electron chi connectivity index (χ4n) is 1.81. The van der Waals surface area contributed by atoms with E-state index in [-0.39, 0.29) is 11.2 Å². The molecule has 1 aromatic heterocycles. The zero-order valence-electron chi connectivity index (χ0n) is 11.4. The molecule has 0 aliphatic heterocycles. The standard InChI is InChI=1S/C14H15F3N2OS/c1-2-20-11(10-6-4-3-5-7-10)8-18-13-19-12(9-21-13)14(15,16)17/h3-7,9,11H,2,8H2,1H3,(H,18,19). The minimum atomic E-state index is -4.41. The normalized spacial score (nSPS) is 13.1. The number of nitrogens with zero attached hydrogens (tertiary/aromatic N) is 1. The Hall–Kier alpha value is -1.60. The molecule has 1 heterocycles. The molecule has 0 aliphatic rings. The average Bonchev–Trinajstić information content (AvgIpc) is 2.93. The van der Waals surface area contributed by atoms with E-state index in [1.807, 2.05) is 37.3 Å². The molecule has 2 rings (SSSR count). The number of hydrogen-bond donors (Lipinski definition) is 1. The Morgan fingerprint density at radius 1 is 1.29 bits per heavy atom. The van der Waals surface area contributed by atoms with Crippen LogP contribution in [0.25, 0.3) is 0 Å². The predicted molar refractivity (Wildman–Crippen MR) is 76.4 cm³/mol. The van der Waals surface area contributed by atoms with Crippen LogP contribution < -0.4 is 5.32 Å². The Kier molecular flexibility index (Phi) is 5.19. The predicted octanol–water partition coefficient (Wildman–Crippen LogP) is 4.35. The van der Waals surface area contributed by atoms with Crippen molar-refractivity contribution in [3.8, 4) is 0 Å². The lowest BCUT2D eigenvalue weighted by Gasteiger charge is -2.17. The first-order chi connectivity index (χ1) is 10.0. The second-order valence-electron chi connectivity index (χ2n) is 4.27. The highest BCUT2D eigenvalue weighted by molar-refractivity contribution is 7.13. The first-order valence-corrected chi connectivity index (χ1v) is 7.31. The molecule has 21 heavy (non-hydrogen) atoms. The smallest absolute Gasteiger partial charge is 0.372 e. The molecule has 7 heteroatoms. The number of hydrogen-bond acceptors (Lipinski definition) is 4. The summed E-state index contributed by atoms with van der Waals surface area (Å²) in [6.45, 7) is 2.76. The van der Waals surface area contributed by atoms with Crippen LogP contribution in [0.4, 0.5) is 18.3 Å². The maximum atomic E-state index is 12.5. The minimum absolute atomic E-state index is 0.227. The van der Waals surface area contributed by atoms with Gasteiger partial charge in [-0.05, 0) is 12.5 Å². The summed E-state index contributed by atoms with van der Waals surface area (Å²) < 4.78 is 43.0. The van der Waals surface area contributed by atoms with Gasteiger partial charge in [0.25, 0.3) is 0 Å². The largest absolute Gasteiger partial charge is 0.434 e. The fraction of sp³-hybridized carbons (Fsp3) is 0.357. The molecule has 0 amide bonds. The molecule has 1 N–H and O–H groups in total. The lowest BCUT2D eigenvalue weighted by molar-refractivity contribution is -0.140. The summed E-state index contributed by atoms with van der Waals surface area (Å²) in [7, 11) is 0. The van der Waals surface area contributed by atoms with Gasteiger partial charge in [0.2, 0.25) is 0 Å². The highest BCUT2D eigenvalue weighted by atomic mass is 32.1. The summed E-state index contributed by atoms with van der Waals surface area (Å²) in [4.78, 5) is 3.53. The van der Waals surface area contributed by atoms with Crippen LogP contribution in [0.3, 0.4) is 0 Å². The molecule has 0 saturated carbocycles. The van der Waals surface area contributed by atoms with Gasteiger partial charge in [0, 0.05) is 18.5 Å². The first-order valence-electron chi connectivity index (χ1n) is 6.44. The summed E-state index contributed by atoms with van der Waals surface area (Å²) in [5.74, 6) is 0. The van der Waals surface area contributed by atoms with Crippen LogP contribution in [0.5, 0.6) is 0 Å². The van der Waals surface area contributed by atoms with E-state index in [1.165, 1.54) is 0 Å². The Bertz CT molecular complexity index is 557. The number of alkyl halides is 3. The van der Waals surface area contributed by atoms with Crippen molar-refractivity contribution in [2.24, 2.45) is 0 Å². The monoisotopic (exact) mass is 316 g/mol. The summed E-state index contributed by atoms with van der Waals surface area (Å²) in [5.41, 5.74) is 0.0992. The number of ether oxygens (including phenoxy) is 1. The topological polar surface area (TPSA) is 34.1 Å². The van der Waals surface area contributed by atoms with Crippen molar-refractivity contribution in [1.82, 2.24) is 4.98 Å². The molecule has 1 aromatic carbocycles. The molecule has 0 fully saturated rings. The van der Waals surface area contributed by atoms with E-state index >= 15 is 0 Å². The van der Waals surface area contributed by atoms with Crippen molar-refractivity contribution in [3.63, 3.8) is 0 Å². The second-order valence-corrected chi connectivity index (χ2v) is 5.13. The van der Waals surface area contributed by atoms with Crippen molar-refractivity contribution in [3.05, 3.63) is 47.0 Å². The van der Waals surface area contributed by atoms with Crippen LogP contribution in [-0.2, 0) is 10.9 Å². The van der Waals surface area contributed by atoms with Crippen LogP contribution in [-0.4, -0.2) is 18.1 Å². The van der Waals surface area contributed by atoms with E-state index in [0.717, 1.165) is 22.3 Å². The van der Waals surface area contributed by atoms with Gasteiger partial charge in [-0.15, -0.1) is 11.3 Å². The zero-order valence-corrected chi connectivity index (χ0v) is 12.2. The van der Waals surface area contributed by atoms with Gasteiger partial charge in [-0.1, -0.05) is 30.3 Å². The molecule has 0 bridgehead atoms. The number of aromatic nitrogens is 1. The third-order valence-corrected chi connectivity index (χ3v) is 3.57. The van der Waals surface area contributed by atoms with E-state index in [1.54, 1.807) is 0 Å². The lowest BCUT2D eigenvalue weighted by Crippen LogP contribution is -2.16. The van der Waals surface area contributed by atoms with Crippen molar-refractivity contribution < 1.29 is 17.9 Å². The Morgan fingerprint density at radius 3 is 2.57 bits per heavy atom. The number of rotatable bonds is 6. The van der Waals surface area contributed by atoms with E-state index < -0.39 is 11.9 Å². The molecule has 1 unspecified atom stereocenters.